The third-order valence-corrected chi connectivity index (χ3v) is 3.90. The van der Waals surface area contributed by atoms with Crippen LogP contribution in [0.4, 0.5) is 0 Å². The van der Waals surface area contributed by atoms with E-state index in [1.807, 2.05) is 0 Å². The highest BCUT2D eigenvalue weighted by atomic mass is 32.2. The Bertz CT molecular complexity index is 298. The first-order chi connectivity index (χ1) is 6.23. The molecule has 0 aliphatic carbocycles. The van der Waals surface area contributed by atoms with Gasteiger partial charge >= 0.3 is 0 Å². The Labute approximate surface area is 85.3 Å². The lowest BCUT2D eigenvalue weighted by Crippen LogP contribution is -2.43. The third-order valence-electron chi connectivity index (χ3n) is 2.14. The molecular formula is C8H18N2O3S. The zero-order valence-corrected chi connectivity index (χ0v) is 9.63. The van der Waals surface area contributed by atoms with E-state index < -0.39 is 15.8 Å². The quantitative estimate of drug-likeness (QED) is 0.688. The summed E-state index contributed by atoms with van der Waals surface area (Å²) in [6.07, 6.45) is 0.492. The summed E-state index contributed by atoms with van der Waals surface area (Å²) in [5.74, 6) is 0. The molecule has 1 unspecified atom stereocenters. The van der Waals surface area contributed by atoms with Gasteiger partial charge in [0.15, 0.2) is 0 Å². The lowest BCUT2D eigenvalue weighted by atomic mass is 10.1. The van der Waals surface area contributed by atoms with Crippen molar-refractivity contribution in [3.05, 3.63) is 0 Å². The summed E-state index contributed by atoms with van der Waals surface area (Å²) < 4.78 is 27.0. The summed E-state index contributed by atoms with van der Waals surface area (Å²) in [4.78, 5) is 0. The van der Waals surface area contributed by atoms with Gasteiger partial charge in [0.1, 0.15) is 0 Å². The van der Waals surface area contributed by atoms with E-state index in [9.17, 15) is 13.5 Å². The maximum atomic E-state index is 11.6. The number of aliphatic hydroxyl groups is 1. The molecule has 0 radical (unpaired) electrons. The van der Waals surface area contributed by atoms with Crippen molar-refractivity contribution < 1.29 is 13.5 Å². The molecule has 0 aromatic carbocycles. The Kier molecular flexibility index (Phi) is 3.20. The van der Waals surface area contributed by atoms with Crippen LogP contribution < -0.4 is 4.72 Å². The molecule has 84 valence electrons. The fraction of sp³-hybridized carbons (Fsp3) is 1.00. The van der Waals surface area contributed by atoms with Crippen LogP contribution in [0.1, 0.15) is 27.2 Å². The topological polar surface area (TPSA) is 69.6 Å². The van der Waals surface area contributed by atoms with Gasteiger partial charge in [0.05, 0.1) is 5.60 Å². The lowest BCUT2D eigenvalue weighted by molar-refractivity contribution is 0.0761. The first-order valence-corrected chi connectivity index (χ1v) is 6.17. The monoisotopic (exact) mass is 222 g/mol. The van der Waals surface area contributed by atoms with Crippen LogP contribution in [-0.4, -0.2) is 42.6 Å². The first kappa shape index (κ1) is 11.9. The van der Waals surface area contributed by atoms with Crippen LogP contribution in [0.25, 0.3) is 0 Å². The summed E-state index contributed by atoms with van der Waals surface area (Å²) in [5.41, 5.74) is -0.883. The van der Waals surface area contributed by atoms with Crippen molar-refractivity contribution in [2.45, 2.75) is 38.8 Å². The van der Waals surface area contributed by atoms with Crippen LogP contribution in [0.5, 0.6) is 0 Å². The van der Waals surface area contributed by atoms with E-state index in [-0.39, 0.29) is 12.6 Å². The van der Waals surface area contributed by atoms with Gasteiger partial charge in [-0.2, -0.15) is 17.4 Å². The highest BCUT2D eigenvalue weighted by molar-refractivity contribution is 7.87. The maximum Gasteiger partial charge on any atom is 0.279 e. The van der Waals surface area contributed by atoms with E-state index in [2.05, 4.69) is 4.72 Å². The SMILES string of the molecule is CC(C)NS(=O)(=O)N1CCC(C)(O)C1. The second-order valence-electron chi connectivity index (χ2n) is 4.36. The summed E-state index contributed by atoms with van der Waals surface area (Å²) >= 11 is 0. The van der Waals surface area contributed by atoms with Crippen LogP contribution in [0.2, 0.25) is 0 Å². The number of rotatable bonds is 3. The fourth-order valence-electron chi connectivity index (χ4n) is 1.48. The highest BCUT2D eigenvalue weighted by Gasteiger charge is 2.37. The van der Waals surface area contributed by atoms with E-state index in [1.165, 1.54) is 4.31 Å². The number of nitrogens with one attached hydrogen (secondary N) is 1. The molecule has 1 rings (SSSR count). The molecule has 0 bridgehead atoms. The van der Waals surface area contributed by atoms with E-state index in [1.54, 1.807) is 20.8 Å². The first-order valence-electron chi connectivity index (χ1n) is 4.73. The summed E-state index contributed by atoms with van der Waals surface area (Å²) in [6.45, 7) is 5.75. The van der Waals surface area contributed by atoms with Gasteiger partial charge in [-0.25, -0.2) is 0 Å². The van der Waals surface area contributed by atoms with Crippen molar-refractivity contribution in [3.63, 3.8) is 0 Å². The summed E-state index contributed by atoms with van der Waals surface area (Å²) in [6, 6.07) is -0.120. The van der Waals surface area contributed by atoms with Gasteiger partial charge in [0.2, 0.25) is 0 Å². The number of hydrogen-bond donors (Lipinski definition) is 2. The van der Waals surface area contributed by atoms with E-state index in [0.29, 0.717) is 13.0 Å². The molecule has 1 aliphatic rings. The molecule has 0 saturated carbocycles. The van der Waals surface area contributed by atoms with E-state index >= 15 is 0 Å². The number of nitrogens with zero attached hydrogens (tertiary/aromatic N) is 1. The molecule has 2 N–H and O–H groups in total. The lowest BCUT2D eigenvalue weighted by Gasteiger charge is -2.20. The zero-order valence-electron chi connectivity index (χ0n) is 8.82. The van der Waals surface area contributed by atoms with Crippen molar-refractivity contribution >= 4 is 10.2 Å². The molecule has 6 heteroatoms. The van der Waals surface area contributed by atoms with Crippen LogP contribution in [-0.2, 0) is 10.2 Å². The molecule has 0 aromatic rings. The fourth-order valence-corrected chi connectivity index (χ4v) is 3.01. The maximum absolute atomic E-state index is 11.6. The second kappa shape index (κ2) is 3.77. The Morgan fingerprint density at radius 3 is 2.43 bits per heavy atom. The van der Waals surface area contributed by atoms with Crippen molar-refractivity contribution in [2.75, 3.05) is 13.1 Å². The van der Waals surface area contributed by atoms with Gasteiger partial charge in [-0.3, -0.25) is 0 Å². The van der Waals surface area contributed by atoms with Gasteiger partial charge in [0.25, 0.3) is 10.2 Å². The van der Waals surface area contributed by atoms with Crippen molar-refractivity contribution in [1.29, 1.82) is 0 Å². The Hall–Kier alpha value is -0.170. The van der Waals surface area contributed by atoms with E-state index in [4.69, 9.17) is 0 Å². The van der Waals surface area contributed by atoms with Gasteiger partial charge in [0, 0.05) is 19.1 Å². The van der Waals surface area contributed by atoms with Crippen LogP contribution >= 0.6 is 0 Å². The predicted molar refractivity (Wildman–Crippen MR) is 54.0 cm³/mol. The molecule has 1 fully saturated rings. The van der Waals surface area contributed by atoms with Crippen molar-refractivity contribution in [1.82, 2.24) is 9.03 Å². The molecule has 0 amide bonds. The average molecular weight is 222 g/mol. The molecule has 1 heterocycles. The minimum absolute atomic E-state index is 0.120. The van der Waals surface area contributed by atoms with Gasteiger partial charge in [-0.05, 0) is 27.2 Å². The summed E-state index contributed by atoms with van der Waals surface area (Å²) in [5, 5.41) is 9.63. The minimum Gasteiger partial charge on any atom is -0.389 e. The molecular weight excluding hydrogens is 204 g/mol. The largest absolute Gasteiger partial charge is 0.389 e. The van der Waals surface area contributed by atoms with Crippen molar-refractivity contribution in [3.8, 4) is 0 Å². The molecule has 5 nitrogen and oxygen atoms in total. The highest BCUT2D eigenvalue weighted by Crippen LogP contribution is 2.22. The van der Waals surface area contributed by atoms with Gasteiger partial charge in [-0.15, -0.1) is 0 Å². The van der Waals surface area contributed by atoms with Crippen LogP contribution in [0.3, 0.4) is 0 Å². The zero-order chi connectivity index (χ0) is 11.0. The molecule has 0 aromatic heterocycles. The average Bonchev–Trinajstić information content (AvgIpc) is 2.27. The predicted octanol–water partition coefficient (Wildman–Crippen LogP) is -0.314. The Morgan fingerprint density at radius 2 is 2.07 bits per heavy atom. The van der Waals surface area contributed by atoms with Crippen LogP contribution in [0, 0.1) is 0 Å². The second-order valence-corrected chi connectivity index (χ2v) is 6.06. The molecule has 1 saturated heterocycles. The number of hydrogen-bond acceptors (Lipinski definition) is 3. The summed E-state index contributed by atoms with van der Waals surface area (Å²) in [7, 11) is -3.41. The smallest absolute Gasteiger partial charge is 0.279 e. The normalized spacial score (nSPS) is 30.1. The molecule has 1 atom stereocenters. The van der Waals surface area contributed by atoms with Gasteiger partial charge in [-0.1, -0.05) is 0 Å². The molecule has 0 spiro atoms. The Balaban J connectivity index is 2.67. The Morgan fingerprint density at radius 1 is 1.50 bits per heavy atom. The molecule has 14 heavy (non-hydrogen) atoms. The van der Waals surface area contributed by atoms with Crippen LogP contribution in [0.15, 0.2) is 0 Å². The number of β-amino-alcohol motifs (C(OH)–C–C–N with tert-alkyl or cyclic N) is 1. The standard InChI is InChI=1S/C8H18N2O3S/c1-7(2)9-14(12,13)10-5-4-8(3,11)6-10/h7,9,11H,4-6H2,1-3H3. The van der Waals surface area contributed by atoms with Crippen molar-refractivity contribution in [2.24, 2.45) is 0 Å². The van der Waals surface area contributed by atoms with E-state index in [0.717, 1.165) is 0 Å². The minimum atomic E-state index is -3.41. The van der Waals surface area contributed by atoms with Gasteiger partial charge < -0.3 is 5.11 Å². The third kappa shape index (κ3) is 2.91. The molecule has 1 aliphatic heterocycles.